The van der Waals surface area contributed by atoms with E-state index < -0.39 is 35.9 Å². The summed E-state index contributed by atoms with van der Waals surface area (Å²) in [6, 6.07) is -0.438. The number of aliphatic hydroxyl groups excluding tert-OH is 1. The standard InChI is InChI=1S/C12H19NO6/c1-6(15)13-7-8-9(18-11(2,3)17-8)12(4-14)5-16-10(7)19-12/h7-10,14H,4-5H2,1-3H3,(H,13,15)/t7-,8-,9-,10+,12+/m1/s1. The molecule has 3 heterocycles. The van der Waals surface area contributed by atoms with Gasteiger partial charge in [-0.2, -0.15) is 0 Å². The summed E-state index contributed by atoms with van der Waals surface area (Å²) in [7, 11) is 0. The Hall–Kier alpha value is -0.730. The third kappa shape index (κ3) is 1.96. The Kier molecular flexibility index (Phi) is 2.88. The van der Waals surface area contributed by atoms with E-state index in [1.165, 1.54) is 6.92 Å². The van der Waals surface area contributed by atoms with Gasteiger partial charge in [0.25, 0.3) is 0 Å². The molecule has 0 saturated carbocycles. The Morgan fingerprint density at radius 1 is 1.37 bits per heavy atom. The molecule has 3 saturated heterocycles. The predicted octanol–water partition coefficient (Wildman–Crippen LogP) is -0.871. The van der Waals surface area contributed by atoms with Gasteiger partial charge in [-0.25, -0.2) is 0 Å². The van der Waals surface area contributed by atoms with Gasteiger partial charge in [0.05, 0.1) is 13.2 Å². The van der Waals surface area contributed by atoms with Gasteiger partial charge in [0, 0.05) is 6.92 Å². The van der Waals surface area contributed by atoms with Crippen LogP contribution in [0, 0.1) is 0 Å². The van der Waals surface area contributed by atoms with Crippen LogP contribution in [0.4, 0.5) is 0 Å². The highest BCUT2D eigenvalue weighted by Crippen LogP contribution is 2.45. The lowest BCUT2D eigenvalue weighted by molar-refractivity contribution is -0.208. The first-order chi connectivity index (χ1) is 8.87. The third-order valence-corrected chi connectivity index (χ3v) is 3.78. The van der Waals surface area contributed by atoms with Crippen LogP contribution < -0.4 is 5.32 Å². The number of hydrogen-bond donors (Lipinski definition) is 2. The highest BCUT2D eigenvalue weighted by atomic mass is 16.8. The number of ether oxygens (including phenoxy) is 4. The number of rotatable bonds is 2. The minimum atomic E-state index is -0.905. The second-order valence-electron chi connectivity index (χ2n) is 5.77. The van der Waals surface area contributed by atoms with Crippen LogP contribution in [0.2, 0.25) is 0 Å². The fraction of sp³-hybridized carbons (Fsp3) is 0.917. The first-order valence-electron chi connectivity index (χ1n) is 6.40. The smallest absolute Gasteiger partial charge is 0.217 e. The largest absolute Gasteiger partial charge is 0.393 e. The van der Waals surface area contributed by atoms with Crippen LogP contribution >= 0.6 is 0 Å². The average molecular weight is 273 g/mol. The molecule has 7 heteroatoms. The lowest BCUT2D eigenvalue weighted by atomic mass is 9.88. The van der Waals surface area contributed by atoms with Gasteiger partial charge in [-0.3, -0.25) is 4.79 Å². The first-order valence-corrected chi connectivity index (χ1v) is 6.40. The maximum Gasteiger partial charge on any atom is 0.217 e. The molecule has 0 radical (unpaired) electrons. The molecule has 0 aromatic rings. The lowest BCUT2D eigenvalue weighted by Crippen LogP contribution is -2.65. The van der Waals surface area contributed by atoms with Gasteiger partial charge in [-0.15, -0.1) is 0 Å². The SMILES string of the molecule is CC(=O)N[C@H]1[C@H]2OC[C@](CO)(O2)[C@@H]2OC(C)(C)O[C@H]12. The second-order valence-corrected chi connectivity index (χ2v) is 5.77. The van der Waals surface area contributed by atoms with Crippen molar-refractivity contribution in [3.05, 3.63) is 0 Å². The number of amides is 1. The van der Waals surface area contributed by atoms with Crippen molar-refractivity contribution in [2.45, 2.75) is 56.7 Å². The summed E-state index contributed by atoms with van der Waals surface area (Å²) in [5, 5.41) is 12.4. The molecule has 3 aliphatic rings. The van der Waals surface area contributed by atoms with Gasteiger partial charge in [-0.1, -0.05) is 0 Å². The summed E-state index contributed by atoms with van der Waals surface area (Å²) in [5.74, 6) is -0.963. The van der Waals surface area contributed by atoms with Crippen molar-refractivity contribution in [2.24, 2.45) is 0 Å². The number of nitrogens with one attached hydrogen (secondary N) is 1. The van der Waals surface area contributed by atoms with Crippen molar-refractivity contribution in [3.8, 4) is 0 Å². The summed E-state index contributed by atoms with van der Waals surface area (Å²) in [5.41, 5.74) is -0.905. The fourth-order valence-corrected chi connectivity index (χ4v) is 3.02. The number of carbonyl (C=O) groups is 1. The highest BCUT2D eigenvalue weighted by Gasteiger charge is 2.65. The molecule has 0 unspecified atom stereocenters. The second kappa shape index (κ2) is 4.13. The van der Waals surface area contributed by atoms with Gasteiger partial charge in [0.1, 0.15) is 23.9 Å². The Labute approximate surface area is 111 Å². The van der Waals surface area contributed by atoms with Crippen LogP contribution in [-0.2, 0) is 23.7 Å². The highest BCUT2D eigenvalue weighted by molar-refractivity contribution is 5.73. The van der Waals surface area contributed by atoms with Crippen LogP contribution in [-0.4, -0.2) is 60.2 Å². The summed E-state index contributed by atoms with van der Waals surface area (Å²) < 4.78 is 23.0. The molecule has 2 bridgehead atoms. The van der Waals surface area contributed by atoms with E-state index in [-0.39, 0.29) is 19.1 Å². The van der Waals surface area contributed by atoms with Crippen LogP contribution in [0.3, 0.4) is 0 Å². The molecular weight excluding hydrogens is 254 g/mol. The van der Waals surface area contributed by atoms with Crippen LogP contribution in [0.15, 0.2) is 0 Å². The van der Waals surface area contributed by atoms with Gasteiger partial charge < -0.3 is 29.4 Å². The molecule has 0 aliphatic carbocycles. The Balaban J connectivity index is 1.92. The van der Waals surface area contributed by atoms with Crippen molar-refractivity contribution in [1.82, 2.24) is 5.32 Å². The van der Waals surface area contributed by atoms with E-state index in [1.54, 1.807) is 13.8 Å². The Morgan fingerprint density at radius 3 is 2.74 bits per heavy atom. The molecule has 2 N–H and O–H groups in total. The summed E-state index contributed by atoms with van der Waals surface area (Å²) in [4.78, 5) is 11.3. The van der Waals surface area contributed by atoms with Crippen molar-refractivity contribution in [3.63, 3.8) is 0 Å². The zero-order chi connectivity index (χ0) is 13.8. The Bertz CT molecular complexity index is 400. The van der Waals surface area contributed by atoms with Gasteiger partial charge in [0.15, 0.2) is 12.1 Å². The first kappa shape index (κ1) is 13.3. The molecule has 7 nitrogen and oxygen atoms in total. The maximum absolute atomic E-state index is 11.3. The van der Waals surface area contributed by atoms with E-state index >= 15 is 0 Å². The number of aliphatic hydroxyl groups is 1. The van der Waals surface area contributed by atoms with Crippen molar-refractivity contribution < 1.29 is 28.8 Å². The average Bonchev–Trinajstić information content (AvgIpc) is 2.85. The van der Waals surface area contributed by atoms with E-state index in [0.29, 0.717) is 0 Å². The predicted molar refractivity (Wildman–Crippen MR) is 62.1 cm³/mol. The maximum atomic E-state index is 11.3. The number of fused-ring (bicyclic) bond motifs is 4. The quantitative estimate of drug-likeness (QED) is 0.680. The molecule has 108 valence electrons. The van der Waals surface area contributed by atoms with Gasteiger partial charge >= 0.3 is 0 Å². The summed E-state index contributed by atoms with van der Waals surface area (Å²) in [6.45, 7) is 5.05. The van der Waals surface area contributed by atoms with Gasteiger partial charge in [-0.05, 0) is 13.8 Å². The zero-order valence-corrected chi connectivity index (χ0v) is 11.2. The van der Waals surface area contributed by atoms with Crippen LogP contribution in [0.5, 0.6) is 0 Å². The third-order valence-electron chi connectivity index (χ3n) is 3.78. The molecule has 0 aromatic carbocycles. The summed E-state index contributed by atoms with van der Waals surface area (Å²) in [6.07, 6.45) is -1.48. The Morgan fingerprint density at radius 2 is 2.11 bits per heavy atom. The normalized spacial score (nSPS) is 46.9. The molecule has 19 heavy (non-hydrogen) atoms. The van der Waals surface area contributed by atoms with E-state index in [1.807, 2.05) is 0 Å². The molecule has 3 aliphatic heterocycles. The molecule has 0 aromatic heterocycles. The van der Waals surface area contributed by atoms with Crippen molar-refractivity contribution in [1.29, 1.82) is 0 Å². The minimum absolute atomic E-state index is 0.187. The topological polar surface area (TPSA) is 86.3 Å². The molecule has 3 fully saturated rings. The van der Waals surface area contributed by atoms with Gasteiger partial charge in [0.2, 0.25) is 5.91 Å². The van der Waals surface area contributed by atoms with E-state index in [4.69, 9.17) is 18.9 Å². The van der Waals surface area contributed by atoms with Crippen LogP contribution in [0.1, 0.15) is 20.8 Å². The van der Waals surface area contributed by atoms with Crippen LogP contribution in [0.25, 0.3) is 0 Å². The van der Waals surface area contributed by atoms with E-state index in [2.05, 4.69) is 5.32 Å². The van der Waals surface area contributed by atoms with Crippen molar-refractivity contribution >= 4 is 5.91 Å². The summed E-state index contributed by atoms with van der Waals surface area (Å²) >= 11 is 0. The molecule has 0 spiro atoms. The van der Waals surface area contributed by atoms with E-state index in [0.717, 1.165) is 0 Å². The minimum Gasteiger partial charge on any atom is -0.393 e. The fourth-order valence-electron chi connectivity index (χ4n) is 3.02. The molecule has 3 rings (SSSR count). The zero-order valence-electron chi connectivity index (χ0n) is 11.2. The van der Waals surface area contributed by atoms with E-state index in [9.17, 15) is 9.90 Å². The molecular formula is C12H19NO6. The monoisotopic (exact) mass is 273 g/mol. The number of hydrogen-bond acceptors (Lipinski definition) is 6. The number of carbonyl (C=O) groups excluding carboxylic acids is 1. The van der Waals surface area contributed by atoms with Crippen molar-refractivity contribution in [2.75, 3.05) is 13.2 Å². The lowest BCUT2D eigenvalue weighted by Gasteiger charge is -2.41. The molecule has 5 atom stereocenters. The molecule has 1 amide bonds.